The molecular weight excluding hydrogens is 328 g/mol. The predicted molar refractivity (Wildman–Crippen MR) is 90.2 cm³/mol. The first-order valence-corrected chi connectivity index (χ1v) is 7.43. The molecule has 0 saturated heterocycles. The lowest BCUT2D eigenvalue weighted by Crippen LogP contribution is -2.21. The topological polar surface area (TPSA) is 108 Å². The summed E-state index contributed by atoms with van der Waals surface area (Å²) in [4.78, 5) is 33.1. The lowest BCUT2D eigenvalue weighted by Gasteiger charge is -2.12. The third kappa shape index (κ3) is 4.77. The number of carbonyl (C=O) groups excluding carboxylic acids is 2. The number of carbonyl (C=O) groups is 2. The Morgan fingerprint density at radius 1 is 1.20 bits per heavy atom. The zero-order valence-corrected chi connectivity index (χ0v) is 13.4. The lowest BCUT2D eigenvalue weighted by atomic mass is 10.2. The van der Waals surface area contributed by atoms with E-state index < -0.39 is 17.4 Å². The standard InChI is InChI=1S/C17H16N2O6/c1-2-24-15-6-4-3-5-13(15)18-17(21)11-25-16-8-7-12(10-20)9-14(16)19(22)23/h3-10H,2,11H2,1H3,(H,18,21). The van der Waals surface area contributed by atoms with Crippen molar-refractivity contribution in [3.63, 3.8) is 0 Å². The summed E-state index contributed by atoms with van der Waals surface area (Å²) in [5.41, 5.74) is 0.241. The number of hydrogen-bond acceptors (Lipinski definition) is 6. The Hall–Kier alpha value is -3.42. The summed E-state index contributed by atoms with van der Waals surface area (Å²) in [5.74, 6) is -0.0792. The van der Waals surface area contributed by atoms with E-state index in [1.165, 1.54) is 12.1 Å². The number of nitrogens with zero attached hydrogens (tertiary/aromatic N) is 1. The Kier molecular flexibility index (Phi) is 6.05. The Morgan fingerprint density at radius 2 is 1.96 bits per heavy atom. The van der Waals surface area contributed by atoms with Gasteiger partial charge in [0, 0.05) is 11.6 Å². The van der Waals surface area contributed by atoms with Gasteiger partial charge in [0.25, 0.3) is 5.91 Å². The van der Waals surface area contributed by atoms with Crippen molar-refractivity contribution in [1.29, 1.82) is 0 Å². The number of hydrogen-bond donors (Lipinski definition) is 1. The molecule has 0 aromatic heterocycles. The molecule has 0 atom stereocenters. The summed E-state index contributed by atoms with van der Waals surface area (Å²) in [5, 5.41) is 13.7. The maximum atomic E-state index is 12.0. The van der Waals surface area contributed by atoms with Gasteiger partial charge < -0.3 is 14.8 Å². The first kappa shape index (κ1) is 17.9. The van der Waals surface area contributed by atoms with Gasteiger partial charge in [0.05, 0.1) is 17.2 Å². The van der Waals surface area contributed by atoms with E-state index in [1.54, 1.807) is 24.3 Å². The normalized spacial score (nSPS) is 9.96. The average Bonchev–Trinajstić information content (AvgIpc) is 2.61. The molecule has 25 heavy (non-hydrogen) atoms. The van der Waals surface area contributed by atoms with Crippen LogP contribution in [0.25, 0.3) is 0 Å². The Morgan fingerprint density at radius 3 is 2.64 bits per heavy atom. The van der Waals surface area contributed by atoms with Crippen LogP contribution in [0.2, 0.25) is 0 Å². The van der Waals surface area contributed by atoms with Gasteiger partial charge >= 0.3 is 5.69 Å². The molecule has 0 aliphatic heterocycles. The maximum Gasteiger partial charge on any atom is 0.311 e. The number of ether oxygens (including phenoxy) is 2. The van der Waals surface area contributed by atoms with Crippen LogP contribution in [0.1, 0.15) is 17.3 Å². The van der Waals surface area contributed by atoms with Crippen molar-refractivity contribution in [2.24, 2.45) is 0 Å². The first-order valence-electron chi connectivity index (χ1n) is 7.43. The van der Waals surface area contributed by atoms with Crippen LogP contribution >= 0.6 is 0 Å². The summed E-state index contributed by atoms with van der Waals surface area (Å²) in [6.45, 7) is 1.84. The molecule has 0 heterocycles. The quantitative estimate of drug-likeness (QED) is 0.448. The van der Waals surface area contributed by atoms with Crippen LogP contribution in [0.5, 0.6) is 11.5 Å². The van der Waals surface area contributed by atoms with Gasteiger partial charge in [-0.2, -0.15) is 0 Å². The highest BCUT2D eigenvalue weighted by Crippen LogP contribution is 2.28. The predicted octanol–water partition coefficient (Wildman–Crippen LogP) is 2.82. The summed E-state index contributed by atoms with van der Waals surface area (Å²) in [6, 6.07) is 10.6. The minimum atomic E-state index is -0.676. The molecule has 0 unspecified atom stereocenters. The smallest absolute Gasteiger partial charge is 0.311 e. The van der Waals surface area contributed by atoms with Crippen molar-refractivity contribution in [2.75, 3.05) is 18.5 Å². The van der Waals surface area contributed by atoms with Crippen molar-refractivity contribution in [3.05, 3.63) is 58.1 Å². The van der Waals surface area contributed by atoms with Crippen LogP contribution in [0.3, 0.4) is 0 Å². The molecular formula is C17H16N2O6. The van der Waals surface area contributed by atoms with Gasteiger partial charge in [-0.1, -0.05) is 12.1 Å². The van der Waals surface area contributed by atoms with Crippen LogP contribution in [-0.2, 0) is 4.79 Å². The molecule has 0 saturated carbocycles. The fraction of sp³-hybridized carbons (Fsp3) is 0.176. The molecule has 1 amide bonds. The third-order valence-corrected chi connectivity index (χ3v) is 3.14. The van der Waals surface area contributed by atoms with E-state index in [4.69, 9.17) is 9.47 Å². The number of amides is 1. The number of para-hydroxylation sites is 2. The molecule has 0 radical (unpaired) electrons. The Labute approximate surface area is 143 Å². The second kappa shape index (κ2) is 8.44. The highest BCUT2D eigenvalue weighted by Gasteiger charge is 2.17. The zero-order valence-electron chi connectivity index (χ0n) is 13.4. The van der Waals surface area contributed by atoms with Gasteiger partial charge in [0.15, 0.2) is 12.4 Å². The molecule has 0 fully saturated rings. The van der Waals surface area contributed by atoms with E-state index in [0.717, 1.165) is 6.07 Å². The minimum Gasteiger partial charge on any atom is -0.492 e. The second-order valence-corrected chi connectivity index (χ2v) is 4.87. The largest absolute Gasteiger partial charge is 0.492 e. The maximum absolute atomic E-state index is 12.0. The number of nitro benzene ring substituents is 1. The second-order valence-electron chi connectivity index (χ2n) is 4.87. The van der Waals surface area contributed by atoms with E-state index in [0.29, 0.717) is 24.3 Å². The number of nitrogens with one attached hydrogen (secondary N) is 1. The van der Waals surface area contributed by atoms with Crippen LogP contribution < -0.4 is 14.8 Å². The minimum absolute atomic E-state index is 0.0937. The molecule has 8 heteroatoms. The van der Waals surface area contributed by atoms with Gasteiger partial charge in [-0.05, 0) is 31.2 Å². The molecule has 2 rings (SSSR count). The van der Waals surface area contributed by atoms with E-state index in [9.17, 15) is 19.7 Å². The van der Waals surface area contributed by atoms with Crippen molar-refractivity contribution in [3.8, 4) is 11.5 Å². The van der Waals surface area contributed by atoms with E-state index in [2.05, 4.69) is 5.32 Å². The fourth-order valence-electron chi connectivity index (χ4n) is 2.05. The lowest BCUT2D eigenvalue weighted by molar-refractivity contribution is -0.385. The number of nitro groups is 1. The van der Waals surface area contributed by atoms with E-state index >= 15 is 0 Å². The average molecular weight is 344 g/mol. The Bertz CT molecular complexity index is 790. The van der Waals surface area contributed by atoms with Crippen LogP contribution in [-0.4, -0.2) is 30.3 Å². The summed E-state index contributed by atoms with van der Waals surface area (Å²) < 4.78 is 10.6. The molecule has 130 valence electrons. The van der Waals surface area contributed by atoms with Gasteiger partial charge in [-0.3, -0.25) is 19.7 Å². The van der Waals surface area contributed by atoms with Crippen LogP contribution in [0, 0.1) is 10.1 Å². The van der Waals surface area contributed by atoms with Crippen molar-refractivity contribution >= 4 is 23.6 Å². The van der Waals surface area contributed by atoms with Crippen molar-refractivity contribution < 1.29 is 24.0 Å². The summed E-state index contributed by atoms with van der Waals surface area (Å²) in [7, 11) is 0. The number of rotatable bonds is 8. The number of aldehydes is 1. The van der Waals surface area contributed by atoms with Gasteiger partial charge in [0.2, 0.25) is 0 Å². The Balaban J connectivity index is 2.06. The molecule has 1 N–H and O–H groups in total. The third-order valence-electron chi connectivity index (χ3n) is 3.14. The first-order chi connectivity index (χ1) is 12.0. The number of anilines is 1. The molecule has 2 aromatic carbocycles. The molecule has 0 aliphatic rings. The molecule has 0 spiro atoms. The molecule has 0 aliphatic carbocycles. The van der Waals surface area contributed by atoms with Crippen molar-refractivity contribution in [1.82, 2.24) is 0 Å². The SMILES string of the molecule is CCOc1ccccc1NC(=O)COc1ccc(C=O)cc1[N+](=O)[O-]. The zero-order chi connectivity index (χ0) is 18.2. The monoisotopic (exact) mass is 344 g/mol. The summed E-state index contributed by atoms with van der Waals surface area (Å²) in [6.07, 6.45) is 0.494. The van der Waals surface area contributed by atoms with Gasteiger partial charge in [0.1, 0.15) is 12.0 Å². The van der Waals surface area contributed by atoms with Gasteiger partial charge in [-0.25, -0.2) is 0 Å². The highest BCUT2D eigenvalue weighted by atomic mass is 16.6. The highest BCUT2D eigenvalue weighted by molar-refractivity contribution is 5.93. The number of benzene rings is 2. The van der Waals surface area contributed by atoms with Crippen LogP contribution in [0.15, 0.2) is 42.5 Å². The molecule has 0 bridgehead atoms. The van der Waals surface area contributed by atoms with E-state index in [-0.39, 0.29) is 17.0 Å². The van der Waals surface area contributed by atoms with Crippen molar-refractivity contribution in [2.45, 2.75) is 6.92 Å². The van der Waals surface area contributed by atoms with E-state index in [1.807, 2.05) is 6.92 Å². The fourth-order valence-corrected chi connectivity index (χ4v) is 2.05. The summed E-state index contributed by atoms with van der Waals surface area (Å²) >= 11 is 0. The molecule has 2 aromatic rings. The van der Waals surface area contributed by atoms with Gasteiger partial charge in [-0.15, -0.1) is 0 Å². The van der Waals surface area contributed by atoms with Crippen LogP contribution in [0.4, 0.5) is 11.4 Å². The molecule has 8 nitrogen and oxygen atoms in total.